The van der Waals surface area contributed by atoms with Crippen molar-refractivity contribution in [3.8, 4) is 0 Å². The molecule has 1 rings (SSSR count). The number of rotatable bonds is 9. The van der Waals surface area contributed by atoms with E-state index in [-0.39, 0.29) is 30.2 Å². The highest BCUT2D eigenvalue weighted by atomic mass is 32.2. The van der Waals surface area contributed by atoms with E-state index in [9.17, 15) is 12.8 Å². The van der Waals surface area contributed by atoms with Crippen LogP contribution in [0.5, 0.6) is 0 Å². The van der Waals surface area contributed by atoms with Gasteiger partial charge in [-0.25, -0.2) is 17.5 Å². The van der Waals surface area contributed by atoms with Gasteiger partial charge in [0.15, 0.2) is 0 Å². The Kier molecular flexibility index (Phi) is 7.20. The molecule has 0 aromatic heterocycles. The molecule has 0 atom stereocenters. The average molecular weight is 319 g/mol. The van der Waals surface area contributed by atoms with Gasteiger partial charge in [-0.3, -0.25) is 0 Å². The van der Waals surface area contributed by atoms with E-state index in [2.05, 4.69) is 4.72 Å². The summed E-state index contributed by atoms with van der Waals surface area (Å²) in [5, 5.41) is 0. The van der Waals surface area contributed by atoms with Crippen molar-refractivity contribution in [3.05, 3.63) is 29.6 Å². The van der Waals surface area contributed by atoms with Crippen molar-refractivity contribution in [2.45, 2.75) is 11.4 Å². The Morgan fingerprint density at radius 3 is 2.67 bits per heavy atom. The Hall–Kier alpha value is -1.06. The van der Waals surface area contributed by atoms with E-state index < -0.39 is 15.8 Å². The topological polar surface area (TPSA) is 84.7 Å². The molecule has 0 amide bonds. The van der Waals surface area contributed by atoms with Gasteiger partial charge in [0.1, 0.15) is 5.82 Å². The minimum atomic E-state index is -3.79. The maximum absolute atomic E-state index is 13.5. The van der Waals surface area contributed by atoms with Crippen molar-refractivity contribution in [1.29, 1.82) is 0 Å². The highest BCUT2D eigenvalue weighted by Gasteiger charge is 2.19. The number of nitrogens with two attached hydrogens (primary N) is 1. The molecule has 0 aliphatic heterocycles. The number of hydrogen-bond donors (Lipinski definition) is 2. The molecule has 0 aliphatic carbocycles. The fourth-order valence-corrected chi connectivity index (χ4v) is 2.93. The summed E-state index contributed by atoms with van der Waals surface area (Å²) in [5.74, 6) is -0.623. The molecule has 120 valence electrons. The van der Waals surface area contributed by atoms with Gasteiger partial charge in [0.25, 0.3) is 0 Å². The van der Waals surface area contributed by atoms with Gasteiger partial charge in [-0.05, 0) is 26.2 Å². The monoisotopic (exact) mass is 319 g/mol. The Morgan fingerprint density at radius 1 is 1.33 bits per heavy atom. The maximum atomic E-state index is 13.5. The molecular formula is C13H22FN3O3S. The molecule has 8 heteroatoms. The molecule has 0 heterocycles. The van der Waals surface area contributed by atoms with Crippen LogP contribution in [0, 0.1) is 5.82 Å². The lowest BCUT2D eigenvalue weighted by molar-refractivity contribution is 0.122. The molecule has 0 unspecified atom stereocenters. The van der Waals surface area contributed by atoms with Crippen molar-refractivity contribution in [2.24, 2.45) is 5.73 Å². The lowest BCUT2D eigenvalue weighted by Gasteiger charge is -2.12. The van der Waals surface area contributed by atoms with Crippen LogP contribution in [0.3, 0.4) is 0 Å². The smallest absolute Gasteiger partial charge is 0.241 e. The maximum Gasteiger partial charge on any atom is 0.241 e. The van der Waals surface area contributed by atoms with E-state index >= 15 is 0 Å². The molecule has 1 aromatic carbocycles. The van der Waals surface area contributed by atoms with Gasteiger partial charge >= 0.3 is 0 Å². The first kappa shape index (κ1) is 18.0. The van der Waals surface area contributed by atoms with Crippen LogP contribution in [0.1, 0.15) is 5.56 Å². The normalized spacial score (nSPS) is 12.0. The van der Waals surface area contributed by atoms with E-state index in [1.54, 1.807) is 0 Å². The lowest BCUT2D eigenvalue weighted by atomic mass is 10.2. The number of nitrogens with zero attached hydrogens (tertiary/aromatic N) is 1. The van der Waals surface area contributed by atoms with Crippen LogP contribution in [-0.2, 0) is 21.3 Å². The van der Waals surface area contributed by atoms with Crippen molar-refractivity contribution in [3.63, 3.8) is 0 Å². The zero-order valence-corrected chi connectivity index (χ0v) is 13.1. The molecule has 0 fully saturated rings. The van der Waals surface area contributed by atoms with Gasteiger partial charge in [-0.1, -0.05) is 6.07 Å². The summed E-state index contributed by atoms with van der Waals surface area (Å²) in [5.41, 5.74) is 5.39. The van der Waals surface area contributed by atoms with Crippen LogP contribution in [0.4, 0.5) is 4.39 Å². The first-order valence-electron chi connectivity index (χ1n) is 6.58. The van der Waals surface area contributed by atoms with Gasteiger partial charge in [0, 0.05) is 25.2 Å². The Balaban J connectivity index is 2.56. The minimum absolute atomic E-state index is 0.0153. The van der Waals surface area contributed by atoms with E-state index in [0.29, 0.717) is 6.61 Å². The molecule has 0 radical (unpaired) electrons. The molecule has 3 N–H and O–H groups in total. The summed E-state index contributed by atoms with van der Waals surface area (Å²) in [6.45, 7) is 1.47. The Labute approximate surface area is 125 Å². The Morgan fingerprint density at radius 2 is 2.05 bits per heavy atom. The summed E-state index contributed by atoms with van der Waals surface area (Å²) in [6.07, 6.45) is 0. The van der Waals surface area contributed by atoms with Gasteiger partial charge in [-0.15, -0.1) is 0 Å². The largest absolute Gasteiger partial charge is 0.379 e. The van der Waals surface area contributed by atoms with E-state index in [0.717, 1.165) is 6.54 Å². The fourth-order valence-electron chi connectivity index (χ4n) is 1.66. The summed E-state index contributed by atoms with van der Waals surface area (Å²) < 4.78 is 45.4. The molecule has 21 heavy (non-hydrogen) atoms. The minimum Gasteiger partial charge on any atom is -0.379 e. The number of sulfonamides is 1. The summed E-state index contributed by atoms with van der Waals surface area (Å²) in [7, 11) is 0.0525. The molecule has 0 spiro atoms. The van der Waals surface area contributed by atoms with Crippen LogP contribution in [-0.4, -0.2) is 53.7 Å². The van der Waals surface area contributed by atoms with Crippen LogP contribution in [0.2, 0.25) is 0 Å². The molecule has 0 saturated heterocycles. The molecular weight excluding hydrogens is 297 g/mol. The van der Waals surface area contributed by atoms with Crippen LogP contribution in [0.15, 0.2) is 23.1 Å². The SMILES string of the molecule is CN(C)CCOCCNS(=O)(=O)c1cccc(F)c1CN. The molecule has 1 aromatic rings. The van der Waals surface area contributed by atoms with Crippen molar-refractivity contribution in [2.75, 3.05) is 40.4 Å². The molecule has 0 aliphatic rings. The van der Waals surface area contributed by atoms with Crippen LogP contribution in [0.25, 0.3) is 0 Å². The fraction of sp³-hybridized carbons (Fsp3) is 0.538. The first-order chi connectivity index (χ1) is 9.88. The molecule has 0 saturated carbocycles. The van der Waals surface area contributed by atoms with E-state index in [1.807, 2.05) is 19.0 Å². The Bertz CT molecular complexity index is 550. The van der Waals surface area contributed by atoms with Crippen molar-refractivity contribution >= 4 is 10.0 Å². The van der Waals surface area contributed by atoms with Gasteiger partial charge in [-0.2, -0.15) is 0 Å². The van der Waals surface area contributed by atoms with Crippen molar-refractivity contribution in [1.82, 2.24) is 9.62 Å². The summed E-state index contributed by atoms with van der Waals surface area (Å²) >= 11 is 0. The first-order valence-corrected chi connectivity index (χ1v) is 8.06. The highest BCUT2D eigenvalue weighted by Crippen LogP contribution is 2.17. The number of nitrogens with one attached hydrogen (secondary N) is 1. The number of benzene rings is 1. The van der Waals surface area contributed by atoms with E-state index in [1.165, 1.54) is 18.2 Å². The molecule has 0 bridgehead atoms. The summed E-state index contributed by atoms with van der Waals surface area (Å²) in [4.78, 5) is 1.84. The quantitative estimate of drug-likeness (QED) is 0.633. The van der Waals surface area contributed by atoms with E-state index in [4.69, 9.17) is 10.5 Å². The highest BCUT2D eigenvalue weighted by molar-refractivity contribution is 7.89. The predicted molar refractivity (Wildman–Crippen MR) is 78.9 cm³/mol. The average Bonchev–Trinajstić information content (AvgIpc) is 2.42. The van der Waals surface area contributed by atoms with Gasteiger partial charge in [0.2, 0.25) is 10.0 Å². The summed E-state index contributed by atoms with van der Waals surface area (Å²) in [6, 6.07) is 3.86. The van der Waals surface area contributed by atoms with Crippen molar-refractivity contribution < 1.29 is 17.5 Å². The number of hydrogen-bond acceptors (Lipinski definition) is 5. The zero-order valence-electron chi connectivity index (χ0n) is 12.3. The standard InChI is InChI=1S/C13H22FN3O3S/c1-17(2)7-9-20-8-6-16-21(18,19)13-5-3-4-12(14)11(13)10-15/h3-5,16H,6-10,15H2,1-2H3. The second-order valence-corrected chi connectivity index (χ2v) is 6.47. The van der Waals surface area contributed by atoms with Gasteiger partial charge < -0.3 is 15.4 Å². The number of ether oxygens (including phenoxy) is 1. The van der Waals surface area contributed by atoms with Crippen LogP contribution >= 0.6 is 0 Å². The second-order valence-electron chi connectivity index (χ2n) is 4.73. The third-order valence-corrected chi connectivity index (χ3v) is 4.34. The van der Waals surface area contributed by atoms with Gasteiger partial charge in [0.05, 0.1) is 18.1 Å². The zero-order chi connectivity index (χ0) is 15.9. The second kappa shape index (κ2) is 8.40. The lowest BCUT2D eigenvalue weighted by Crippen LogP contribution is -2.29. The predicted octanol–water partition coefficient (Wildman–Crippen LogP) is 0.141. The number of halogens is 1. The number of likely N-dealkylation sites (N-methyl/N-ethyl adjacent to an activating group) is 1. The van der Waals surface area contributed by atoms with Crippen LogP contribution < -0.4 is 10.5 Å². The third-order valence-electron chi connectivity index (χ3n) is 2.79. The third kappa shape index (κ3) is 5.68. The molecule has 6 nitrogen and oxygen atoms in total.